The zero-order valence-electron chi connectivity index (χ0n) is 15.8. The second kappa shape index (κ2) is 8.41. The van der Waals surface area contributed by atoms with Crippen molar-refractivity contribution in [1.82, 2.24) is 24.4 Å². The molecule has 1 amide bonds. The van der Waals surface area contributed by atoms with Gasteiger partial charge in [-0.3, -0.25) is 9.48 Å². The maximum absolute atomic E-state index is 13.3. The number of rotatable bonds is 5. The van der Waals surface area contributed by atoms with Crippen molar-refractivity contribution in [2.45, 2.75) is 19.9 Å². The number of anilines is 1. The van der Waals surface area contributed by atoms with E-state index in [1.54, 1.807) is 25.1 Å². The molecule has 7 nitrogen and oxygen atoms in total. The fourth-order valence-corrected chi connectivity index (χ4v) is 3.73. The molecule has 0 unspecified atom stereocenters. The molecule has 0 spiro atoms. The summed E-state index contributed by atoms with van der Waals surface area (Å²) in [5.74, 6) is -0.563. The first-order valence-corrected chi connectivity index (χ1v) is 9.98. The number of nitrogens with zero attached hydrogens (tertiary/aromatic N) is 5. The second-order valence-corrected chi connectivity index (χ2v) is 7.82. The molecule has 0 saturated heterocycles. The number of hydrogen-bond acceptors (Lipinski definition) is 4. The fourth-order valence-electron chi connectivity index (χ4n) is 3.01. The van der Waals surface area contributed by atoms with Crippen molar-refractivity contribution < 1.29 is 13.6 Å². The number of carbonyl (C=O) groups excluding carboxylic acids is 1. The largest absolute Gasteiger partial charge is 0.304 e. The summed E-state index contributed by atoms with van der Waals surface area (Å²) in [4.78, 5) is 16.9. The quantitative estimate of drug-likeness (QED) is 0.409. The lowest BCUT2D eigenvalue weighted by atomic mass is 10.2. The summed E-state index contributed by atoms with van der Waals surface area (Å²) in [5.41, 5.74) is 0.623. The third-order valence-corrected chi connectivity index (χ3v) is 5.41. The highest BCUT2D eigenvalue weighted by Gasteiger charge is 2.22. The Morgan fingerprint density at radius 3 is 2.58 bits per heavy atom. The van der Waals surface area contributed by atoms with E-state index in [0.717, 1.165) is 10.7 Å². The Labute approximate surface area is 189 Å². The van der Waals surface area contributed by atoms with Crippen LogP contribution < -0.4 is 5.32 Å². The first-order valence-electron chi connectivity index (χ1n) is 8.85. The lowest BCUT2D eigenvalue weighted by Gasteiger charge is -2.07. The number of aromatic nitrogens is 5. The number of hydrogen-bond donors (Lipinski definition) is 1. The highest BCUT2D eigenvalue weighted by atomic mass is 35.5. The molecule has 4 rings (SSSR count). The minimum Gasteiger partial charge on any atom is -0.304 e. The van der Waals surface area contributed by atoms with E-state index in [-0.39, 0.29) is 34.3 Å². The van der Waals surface area contributed by atoms with Crippen LogP contribution in [0.2, 0.25) is 15.1 Å². The molecular weight excluding hydrogens is 473 g/mol. The molecule has 12 heteroatoms. The van der Waals surface area contributed by atoms with Gasteiger partial charge in [-0.1, -0.05) is 40.9 Å². The Kier molecular flexibility index (Phi) is 5.83. The third-order valence-electron chi connectivity index (χ3n) is 4.43. The number of carbonyl (C=O) groups is 1. The summed E-state index contributed by atoms with van der Waals surface area (Å²) in [6.07, 6.45) is -0.108. The molecule has 3 heterocycles. The van der Waals surface area contributed by atoms with Crippen LogP contribution in [0.3, 0.4) is 0 Å². The molecule has 0 saturated carbocycles. The molecule has 0 fully saturated rings. The lowest BCUT2D eigenvalue weighted by molar-refractivity contribution is 0.102. The molecule has 0 aliphatic heterocycles. The Bertz CT molecular complexity index is 1280. The van der Waals surface area contributed by atoms with Crippen LogP contribution >= 0.6 is 34.8 Å². The number of aryl methyl sites for hydroxylation is 1. The topological polar surface area (TPSA) is 77.1 Å². The maximum Gasteiger partial charge on any atom is 0.280 e. The Morgan fingerprint density at radius 2 is 1.90 bits per heavy atom. The van der Waals surface area contributed by atoms with Gasteiger partial charge in [0, 0.05) is 27.5 Å². The van der Waals surface area contributed by atoms with Crippen LogP contribution in [0.25, 0.3) is 5.65 Å². The summed E-state index contributed by atoms with van der Waals surface area (Å²) in [6.45, 7) is 1.78. The first kappa shape index (κ1) is 21.5. The average Bonchev–Trinajstić information content (AvgIpc) is 3.27. The Hall–Kier alpha value is -2.75. The molecule has 0 aliphatic rings. The van der Waals surface area contributed by atoms with E-state index >= 15 is 0 Å². The number of amides is 1. The van der Waals surface area contributed by atoms with Crippen LogP contribution in [0, 0.1) is 6.92 Å². The summed E-state index contributed by atoms with van der Waals surface area (Å²) in [5, 5.41) is 11.8. The number of nitrogens with one attached hydrogen (secondary N) is 1. The van der Waals surface area contributed by atoms with Crippen LogP contribution in [-0.4, -0.2) is 30.3 Å². The molecular formula is C19H13Cl3F2N6O. The van der Waals surface area contributed by atoms with E-state index in [1.807, 2.05) is 0 Å². The van der Waals surface area contributed by atoms with E-state index in [2.05, 4.69) is 20.5 Å². The molecule has 160 valence electrons. The van der Waals surface area contributed by atoms with Gasteiger partial charge in [0.15, 0.2) is 11.5 Å². The Balaban J connectivity index is 1.61. The number of fused-ring (bicyclic) bond motifs is 1. The summed E-state index contributed by atoms with van der Waals surface area (Å²) in [7, 11) is 0. The Morgan fingerprint density at radius 1 is 1.19 bits per heavy atom. The van der Waals surface area contributed by atoms with Crippen molar-refractivity contribution in [2.24, 2.45) is 0 Å². The maximum atomic E-state index is 13.3. The second-order valence-electron chi connectivity index (χ2n) is 6.59. The molecule has 1 aromatic carbocycles. The van der Waals surface area contributed by atoms with Gasteiger partial charge >= 0.3 is 0 Å². The normalized spacial score (nSPS) is 11.5. The van der Waals surface area contributed by atoms with Gasteiger partial charge in [-0.15, -0.1) is 0 Å². The monoisotopic (exact) mass is 484 g/mol. The summed E-state index contributed by atoms with van der Waals surface area (Å²) < 4.78 is 29.0. The van der Waals surface area contributed by atoms with Crippen LogP contribution in [0.4, 0.5) is 14.6 Å². The van der Waals surface area contributed by atoms with Gasteiger partial charge in [-0.05, 0) is 25.1 Å². The van der Waals surface area contributed by atoms with Gasteiger partial charge in [0.25, 0.3) is 12.3 Å². The minimum atomic E-state index is -2.78. The van der Waals surface area contributed by atoms with Crippen molar-refractivity contribution >= 4 is 52.2 Å². The van der Waals surface area contributed by atoms with Gasteiger partial charge in [0.1, 0.15) is 16.3 Å². The van der Waals surface area contributed by atoms with Crippen LogP contribution in [0.5, 0.6) is 0 Å². The van der Waals surface area contributed by atoms with Crippen molar-refractivity contribution in [2.75, 3.05) is 5.32 Å². The third kappa shape index (κ3) is 4.21. The van der Waals surface area contributed by atoms with E-state index in [0.29, 0.717) is 21.3 Å². The highest BCUT2D eigenvalue weighted by molar-refractivity contribution is 6.36. The molecule has 4 aromatic rings. The zero-order valence-corrected chi connectivity index (χ0v) is 18.1. The van der Waals surface area contributed by atoms with Crippen molar-refractivity contribution in [3.63, 3.8) is 0 Å². The predicted octanol–water partition coefficient (Wildman–Crippen LogP) is 5.43. The molecule has 31 heavy (non-hydrogen) atoms. The van der Waals surface area contributed by atoms with Crippen LogP contribution in [0.1, 0.15) is 33.7 Å². The summed E-state index contributed by atoms with van der Waals surface area (Å²) in [6, 6.07) is 6.33. The molecule has 3 aromatic heterocycles. The van der Waals surface area contributed by atoms with Gasteiger partial charge < -0.3 is 5.32 Å². The smallest absolute Gasteiger partial charge is 0.280 e. The average molecular weight is 486 g/mol. The van der Waals surface area contributed by atoms with Gasteiger partial charge in [-0.2, -0.15) is 10.2 Å². The summed E-state index contributed by atoms with van der Waals surface area (Å²) >= 11 is 18.6. The lowest BCUT2D eigenvalue weighted by Crippen LogP contribution is -2.14. The SMILES string of the molecule is Cc1cc(C(F)F)n2ncc(C(=O)Nc3nn(Cc4c(Cl)cccc4Cl)cc3Cl)c2n1. The van der Waals surface area contributed by atoms with E-state index < -0.39 is 12.3 Å². The van der Waals surface area contributed by atoms with E-state index in [4.69, 9.17) is 34.8 Å². The van der Waals surface area contributed by atoms with Crippen LogP contribution in [0.15, 0.2) is 36.7 Å². The van der Waals surface area contributed by atoms with E-state index in [9.17, 15) is 13.6 Å². The predicted molar refractivity (Wildman–Crippen MR) is 113 cm³/mol. The van der Waals surface area contributed by atoms with E-state index in [1.165, 1.54) is 16.9 Å². The standard InChI is InChI=1S/C19H13Cl3F2N6O/c1-9-5-15(16(23)24)30-18(26-9)10(6-25-30)19(31)27-17-14(22)8-29(28-17)7-11-12(20)3-2-4-13(11)21/h2-6,8,16H,7H2,1H3,(H,27,28,31). The molecule has 0 atom stereocenters. The number of benzene rings is 1. The highest BCUT2D eigenvalue weighted by Crippen LogP contribution is 2.27. The molecule has 1 N–H and O–H groups in total. The first-order chi connectivity index (χ1) is 14.7. The zero-order chi connectivity index (χ0) is 22.3. The molecule has 0 radical (unpaired) electrons. The van der Waals surface area contributed by atoms with Gasteiger partial charge in [0.05, 0.1) is 12.7 Å². The molecule has 0 aliphatic carbocycles. The number of halogens is 5. The van der Waals surface area contributed by atoms with Crippen molar-refractivity contribution in [3.8, 4) is 0 Å². The molecule has 0 bridgehead atoms. The van der Waals surface area contributed by atoms with Crippen molar-refractivity contribution in [1.29, 1.82) is 0 Å². The minimum absolute atomic E-state index is 0.00497. The fraction of sp³-hybridized carbons (Fsp3) is 0.158. The van der Waals surface area contributed by atoms with Crippen molar-refractivity contribution in [3.05, 3.63) is 74.2 Å². The van der Waals surface area contributed by atoms with Crippen LogP contribution in [-0.2, 0) is 6.54 Å². The van der Waals surface area contributed by atoms with Gasteiger partial charge in [0.2, 0.25) is 0 Å². The van der Waals surface area contributed by atoms with Gasteiger partial charge in [-0.25, -0.2) is 18.3 Å². The number of alkyl halides is 2.